The lowest BCUT2D eigenvalue weighted by Gasteiger charge is -2.19. The van der Waals surface area contributed by atoms with Crippen LogP contribution in [0.3, 0.4) is 0 Å². The largest absolute Gasteiger partial charge is 0.321 e. The van der Waals surface area contributed by atoms with E-state index < -0.39 is 0 Å². The summed E-state index contributed by atoms with van der Waals surface area (Å²) < 4.78 is 0. The zero-order chi connectivity index (χ0) is 10.1. The number of hydrogen-bond acceptors (Lipinski definition) is 2. The van der Waals surface area contributed by atoms with Crippen molar-refractivity contribution in [3.63, 3.8) is 0 Å². The highest BCUT2D eigenvalue weighted by molar-refractivity contribution is 5.84. The molecule has 0 spiro atoms. The second-order valence-electron chi connectivity index (χ2n) is 3.88. The van der Waals surface area contributed by atoms with Gasteiger partial charge in [0.05, 0.1) is 6.54 Å². The third-order valence-corrected chi connectivity index (χ3v) is 2.53. The van der Waals surface area contributed by atoms with Crippen LogP contribution in [0.5, 0.6) is 0 Å². The summed E-state index contributed by atoms with van der Waals surface area (Å²) in [5.41, 5.74) is 5.22. The summed E-state index contributed by atoms with van der Waals surface area (Å²) >= 11 is 0. The van der Waals surface area contributed by atoms with Crippen LogP contribution in [0.15, 0.2) is 17.1 Å². The van der Waals surface area contributed by atoms with Crippen LogP contribution in [0.25, 0.3) is 0 Å². The molecule has 0 atom stereocenters. The van der Waals surface area contributed by atoms with Crippen LogP contribution >= 0.6 is 0 Å². The molecular weight excluding hydrogens is 172 g/mol. The number of benzene rings is 1. The van der Waals surface area contributed by atoms with Crippen molar-refractivity contribution < 1.29 is 0 Å². The van der Waals surface area contributed by atoms with Gasteiger partial charge >= 0.3 is 0 Å². The van der Waals surface area contributed by atoms with Crippen LogP contribution in [-0.4, -0.2) is 19.4 Å². The van der Waals surface area contributed by atoms with Crippen LogP contribution in [0.1, 0.15) is 16.7 Å². The van der Waals surface area contributed by atoms with E-state index in [1.165, 1.54) is 22.4 Å². The molecule has 0 fully saturated rings. The number of aliphatic imine (C=N–C) groups is 1. The second kappa shape index (κ2) is 3.45. The number of nitrogens with zero attached hydrogens (tertiary/aromatic N) is 2. The number of hydrogen-bond donors (Lipinski definition) is 0. The molecule has 0 saturated heterocycles. The number of aryl methyl sites for hydroxylation is 3. The quantitative estimate of drug-likeness (QED) is 0.659. The molecular formula is C12H15N2. The predicted molar refractivity (Wildman–Crippen MR) is 60.3 cm³/mol. The Bertz CT molecular complexity index is 357. The molecule has 1 aromatic carbocycles. The maximum absolute atomic E-state index is 4.12. The normalized spacial score (nSPS) is 15.2. The molecule has 0 aliphatic carbocycles. The Morgan fingerprint density at radius 3 is 2.36 bits per heavy atom. The predicted octanol–water partition coefficient (Wildman–Crippen LogP) is 2.34. The monoisotopic (exact) mass is 187 g/mol. The first-order valence-electron chi connectivity index (χ1n) is 4.96. The van der Waals surface area contributed by atoms with E-state index in [1.54, 1.807) is 0 Å². The standard InChI is InChI=1S/C12H15N2/c1-9-6-10(2)12(11(3)7-9)14-5-4-13-8-14/h6-7H,4-5H2,1-3H3. The average molecular weight is 187 g/mol. The van der Waals surface area contributed by atoms with Crippen molar-refractivity contribution in [1.82, 2.24) is 0 Å². The molecule has 2 heteroatoms. The van der Waals surface area contributed by atoms with Gasteiger partial charge in [0.15, 0.2) is 6.34 Å². The van der Waals surface area contributed by atoms with E-state index in [0.717, 1.165) is 13.1 Å². The third kappa shape index (κ3) is 1.52. The highest BCUT2D eigenvalue weighted by Crippen LogP contribution is 2.26. The molecule has 0 amide bonds. The van der Waals surface area contributed by atoms with E-state index in [-0.39, 0.29) is 0 Å². The molecule has 14 heavy (non-hydrogen) atoms. The van der Waals surface area contributed by atoms with E-state index in [9.17, 15) is 0 Å². The van der Waals surface area contributed by atoms with Crippen molar-refractivity contribution in [1.29, 1.82) is 0 Å². The molecule has 1 aliphatic heterocycles. The molecule has 0 saturated carbocycles. The van der Waals surface area contributed by atoms with Crippen LogP contribution in [0, 0.1) is 20.8 Å². The molecule has 1 radical (unpaired) electrons. The Morgan fingerprint density at radius 1 is 1.21 bits per heavy atom. The topological polar surface area (TPSA) is 15.6 Å². The fourth-order valence-electron chi connectivity index (χ4n) is 2.10. The first-order chi connectivity index (χ1) is 6.68. The maximum Gasteiger partial charge on any atom is 0.171 e. The first kappa shape index (κ1) is 9.25. The van der Waals surface area contributed by atoms with Gasteiger partial charge in [-0.05, 0) is 31.9 Å². The molecule has 0 N–H and O–H groups in total. The molecule has 1 aliphatic rings. The van der Waals surface area contributed by atoms with Crippen LogP contribution in [0.2, 0.25) is 0 Å². The lowest BCUT2D eigenvalue weighted by molar-refractivity contribution is 1.01. The van der Waals surface area contributed by atoms with Crippen molar-refractivity contribution in [2.24, 2.45) is 4.99 Å². The van der Waals surface area contributed by atoms with Gasteiger partial charge in [0, 0.05) is 12.2 Å². The minimum absolute atomic E-state index is 0.868. The van der Waals surface area contributed by atoms with Crippen molar-refractivity contribution in [2.75, 3.05) is 18.0 Å². The SMILES string of the molecule is Cc1cc(C)c(N2[C]=NCC2)c(C)c1. The summed E-state index contributed by atoms with van der Waals surface area (Å²) in [7, 11) is 0. The summed E-state index contributed by atoms with van der Waals surface area (Å²) in [6.07, 6.45) is 3.03. The zero-order valence-electron chi connectivity index (χ0n) is 8.96. The van der Waals surface area contributed by atoms with Crippen LogP contribution in [0.4, 0.5) is 5.69 Å². The fourth-order valence-corrected chi connectivity index (χ4v) is 2.10. The van der Waals surface area contributed by atoms with Crippen molar-refractivity contribution in [3.05, 3.63) is 28.8 Å². The molecule has 73 valence electrons. The van der Waals surface area contributed by atoms with E-state index in [1.807, 2.05) is 0 Å². The Balaban J connectivity index is 2.46. The van der Waals surface area contributed by atoms with Gasteiger partial charge in [0.2, 0.25) is 0 Å². The maximum atomic E-state index is 4.12. The average Bonchev–Trinajstić information content (AvgIpc) is 2.54. The first-order valence-corrected chi connectivity index (χ1v) is 4.96. The summed E-state index contributed by atoms with van der Waals surface area (Å²) in [6, 6.07) is 4.42. The van der Waals surface area contributed by atoms with Crippen molar-refractivity contribution >= 4 is 12.0 Å². The molecule has 2 rings (SSSR count). The van der Waals surface area contributed by atoms with E-state index in [4.69, 9.17) is 0 Å². The molecule has 1 aromatic rings. The molecule has 0 bridgehead atoms. The Hall–Kier alpha value is -1.31. The van der Waals surface area contributed by atoms with Crippen molar-refractivity contribution in [2.45, 2.75) is 20.8 Å². The number of rotatable bonds is 1. The summed E-state index contributed by atoms with van der Waals surface area (Å²) in [6.45, 7) is 8.26. The number of anilines is 1. The third-order valence-electron chi connectivity index (χ3n) is 2.53. The van der Waals surface area contributed by atoms with Gasteiger partial charge in [0.1, 0.15) is 0 Å². The minimum atomic E-state index is 0.868. The fraction of sp³-hybridized carbons (Fsp3) is 0.417. The Labute approximate surface area is 85.3 Å². The lowest BCUT2D eigenvalue weighted by atomic mass is 10.0. The molecule has 1 heterocycles. The van der Waals surface area contributed by atoms with E-state index in [2.05, 4.69) is 49.1 Å². The molecule has 0 unspecified atom stereocenters. The highest BCUT2D eigenvalue weighted by Gasteiger charge is 2.14. The van der Waals surface area contributed by atoms with Gasteiger partial charge in [-0.3, -0.25) is 4.99 Å². The van der Waals surface area contributed by atoms with Crippen LogP contribution in [-0.2, 0) is 0 Å². The minimum Gasteiger partial charge on any atom is -0.321 e. The van der Waals surface area contributed by atoms with Gasteiger partial charge in [-0.15, -0.1) is 0 Å². The summed E-state index contributed by atoms with van der Waals surface area (Å²) in [5, 5.41) is 0. The van der Waals surface area contributed by atoms with E-state index >= 15 is 0 Å². The molecule has 2 nitrogen and oxygen atoms in total. The van der Waals surface area contributed by atoms with Gasteiger partial charge in [0.25, 0.3) is 0 Å². The summed E-state index contributed by atoms with van der Waals surface area (Å²) in [4.78, 5) is 6.24. The highest BCUT2D eigenvalue weighted by atomic mass is 15.2. The van der Waals surface area contributed by atoms with Gasteiger partial charge in [-0.2, -0.15) is 0 Å². The second-order valence-corrected chi connectivity index (χ2v) is 3.88. The van der Waals surface area contributed by atoms with Gasteiger partial charge < -0.3 is 4.90 Å². The van der Waals surface area contributed by atoms with Crippen molar-refractivity contribution in [3.8, 4) is 0 Å². The Kier molecular flexibility index (Phi) is 2.28. The molecule has 0 aromatic heterocycles. The lowest BCUT2D eigenvalue weighted by Crippen LogP contribution is -2.20. The van der Waals surface area contributed by atoms with Gasteiger partial charge in [-0.25, -0.2) is 0 Å². The smallest absolute Gasteiger partial charge is 0.171 e. The van der Waals surface area contributed by atoms with E-state index in [0.29, 0.717) is 0 Å². The van der Waals surface area contributed by atoms with Crippen LogP contribution < -0.4 is 4.90 Å². The van der Waals surface area contributed by atoms with Gasteiger partial charge in [-0.1, -0.05) is 17.7 Å². The summed E-state index contributed by atoms with van der Waals surface area (Å²) in [5.74, 6) is 0. The zero-order valence-corrected chi connectivity index (χ0v) is 8.96. The Morgan fingerprint density at radius 2 is 1.86 bits per heavy atom.